The first-order valence-electron chi connectivity index (χ1n) is 11.7. The minimum absolute atomic E-state index is 0.000229. The average molecular weight is 501 g/mol. The Morgan fingerprint density at radius 1 is 1.11 bits per heavy atom. The van der Waals surface area contributed by atoms with E-state index < -0.39 is 23.5 Å². The first-order valence-corrected chi connectivity index (χ1v) is 12.1. The zero-order valence-corrected chi connectivity index (χ0v) is 20.3. The molecule has 0 aromatic heterocycles. The Kier molecular flexibility index (Phi) is 7.95. The summed E-state index contributed by atoms with van der Waals surface area (Å²) in [6, 6.07) is 10.5. The average Bonchev–Trinajstić information content (AvgIpc) is 3.11. The number of Topliss-reactive ketones (excluding diaryl/α,β-unsaturated/α-hetero) is 1. The standard InChI is InChI=1S/C26H29ClN2O6/c1-2-35-19-7-4-17(5-8-19)23-22(24(31)20-16-18(27)6-9-21(20)30)25(32)26(33)29(23)11-3-10-28-12-14-34-15-13-28/h4-9,16,23,30-31H,2-3,10-15H2,1H3/t23-/m1/s1. The third-order valence-electron chi connectivity index (χ3n) is 6.24. The Balaban J connectivity index is 1.70. The minimum Gasteiger partial charge on any atom is -0.507 e. The number of ether oxygens (including phenoxy) is 2. The number of aliphatic hydroxyl groups excluding tert-OH is 1. The number of phenols is 1. The number of likely N-dealkylation sites (tertiary alicyclic amines) is 1. The molecule has 35 heavy (non-hydrogen) atoms. The van der Waals surface area contributed by atoms with E-state index in [0.29, 0.717) is 44.1 Å². The molecule has 1 amide bonds. The summed E-state index contributed by atoms with van der Waals surface area (Å²) in [5, 5.41) is 21.8. The topological polar surface area (TPSA) is 99.5 Å². The number of aliphatic hydroxyl groups is 1. The summed E-state index contributed by atoms with van der Waals surface area (Å²) in [6.07, 6.45) is 0.656. The molecule has 8 nitrogen and oxygen atoms in total. The maximum atomic E-state index is 13.2. The summed E-state index contributed by atoms with van der Waals surface area (Å²) in [5.74, 6) is -1.53. The Labute approximate surface area is 209 Å². The van der Waals surface area contributed by atoms with Crippen LogP contribution in [0.3, 0.4) is 0 Å². The predicted octanol–water partition coefficient (Wildman–Crippen LogP) is 3.59. The smallest absolute Gasteiger partial charge is 0.295 e. The molecule has 1 atom stereocenters. The van der Waals surface area contributed by atoms with Crippen LogP contribution in [-0.4, -0.2) is 77.7 Å². The molecule has 0 radical (unpaired) electrons. The number of rotatable bonds is 8. The highest BCUT2D eigenvalue weighted by molar-refractivity contribution is 6.46. The highest BCUT2D eigenvalue weighted by Gasteiger charge is 2.46. The molecule has 2 N–H and O–H groups in total. The van der Waals surface area contributed by atoms with E-state index in [1.807, 2.05) is 6.92 Å². The number of phenolic OH excluding ortho intramolecular Hbond substituents is 1. The van der Waals surface area contributed by atoms with Gasteiger partial charge in [0.25, 0.3) is 11.7 Å². The van der Waals surface area contributed by atoms with Crippen LogP contribution in [0.5, 0.6) is 11.5 Å². The quantitative estimate of drug-likeness (QED) is 0.324. The molecule has 2 aromatic rings. The lowest BCUT2D eigenvalue weighted by atomic mass is 9.95. The van der Waals surface area contributed by atoms with Crippen LogP contribution >= 0.6 is 11.6 Å². The number of morpholine rings is 1. The van der Waals surface area contributed by atoms with Gasteiger partial charge in [-0.2, -0.15) is 0 Å². The van der Waals surface area contributed by atoms with Crippen molar-refractivity contribution in [1.29, 1.82) is 0 Å². The van der Waals surface area contributed by atoms with Crippen molar-refractivity contribution < 1.29 is 29.3 Å². The van der Waals surface area contributed by atoms with Crippen LogP contribution in [0.1, 0.15) is 30.5 Å². The van der Waals surface area contributed by atoms with E-state index in [2.05, 4.69) is 4.90 Å². The zero-order valence-electron chi connectivity index (χ0n) is 19.6. The maximum Gasteiger partial charge on any atom is 0.295 e. The van der Waals surface area contributed by atoms with Gasteiger partial charge in [0.05, 0.1) is 37.0 Å². The SMILES string of the molecule is CCOc1ccc([C@@H]2C(=C(O)c3cc(Cl)ccc3O)C(=O)C(=O)N2CCCN2CCOCC2)cc1. The van der Waals surface area contributed by atoms with Gasteiger partial charge in [0.2, 0.25) is 0 Å². The van der Waals surface area contributed by atoms with E-state index in [1.165, 1.54) is 23.1 Å². The molecule has 2 saturated heterocycles. The van der Waals surface area contributed by atoms with Crippen molar-refractivity contribution >= 4 is 29.1 Å². The van der Waals surface area contributed by atoms with Crippen molar-refractivity contribution in [3.8, 4) is 11.5 Å². The lowest BCUT2D eigenvalue weighted by Crippen LogP contribution is -2.38. The number of amides is 1. The molecule has 0 aliphatic carbocycles. The molecule has 2 aliphatic heterocycles. The Morgan fingerprint density at radius 3 is 2.51 bits per heavy atom. The normalized spacial score (nSPS) is 20.4. The van der Waals surface area contributed by atoms with Gasteiger partial charge in [-0.3, -0.25) is 14.5 Å². The molecule has 2 fully saturated rings. The number of halogens is 1. The zero-order chi connectivity index (χ0) is 24.9. The summed E-state index contributed by atoms with van der Waals surface area (Å²) >= 11 is 6.07. The second-order valence-corrected chi connectivity index (χ2v) is 8.90. The summed E-state index contributed by atoms with van der Waals surface area (Å²) in [6.45, 7) is 6.50. The van der Waals surface area contributed by atoms with Gasteiger partial charge in [-0.05, 0) is 49.2 Å². The highest BCUT2D eigenvalue weighted by Crippen LogP contribution is 2.41. The van der Waals surface area contributed by atoms with Crippen LogP contribution in [0, 0.1) is 0 Å². The molecule has 0 saturated carbocycles. The van der Waals surface area contributed by atoms with Gasteiger partial charge in [-0.15, -0.1) is 0 Å². The van der Waals surface area contributed by atoms with Crippen LogP contribution < -0.4 is 4.74 Å². The fourth-order valence-corrected chi connectivity index (χ4v) is 4.67. The summed E-state index contributed by atoms with van der Waals surface area (Å²) in [5.41, 5.74) is 0.574. The second kappa shape index (κ2) is 11.1. The van der Waals surface area contributed by atoms with Crippen molar-refractivity contribution in [2.75, 3.05) is 46.0 Å². The number of hydrogen-bond donors (Lipinski definition) is 2. The lowest BCUT2D eigenvalue weighted by molar-refractivity contribution is -0.140. The van der Waals surface area contributed by atoms with Crippen molar-refractivity contribution in [2.24, 2.45) is 0 Å². The van der Waals surface area contributed by atoms with Crippen LogP contribution in [0.2, 0.25) is 5.02 Å². The molecule has 0 spiro atoms. The monoisotopic (exact) mass is 500 g/mol. The number of nitrogens with zero attached hydrogens (tertiary/aromatic N) is 2. The predicted molar refractivity (Wildman–Crippen MR) is 132 cm³/mol. The van der Waals surface area contributed by atoms with Crippen LogP contribution in [-0.2, 0) is 14.3 Å². The molecule has 2 heterocycles. The van der Waals surface area contributed by atoms with Gasteiger partial charge in [0, 0.05) is 31.2 Å². The van der Waals surface area contributed by atoms with Gasteiger partial charge < -0.3 is 24.6 Å². The van der Waals surface area contributed by atoms with Gasteiger partial charge in [-0.1, -0.05) is 23.7 Å². The molecule has 2 aromatic carbocycles. The molecule has 2 aliphatic rings. The highest BCUT2D eigenvalue weighted by atomic mass is 35.5. The first kappa shape index (κ1) is 25.0. The van der Waals surface area contributed by atoms with E-state index >= 15 is 0 Å². The van der Waals surface area contributed by atoms with Gasteiger partial charge >= 0.3 is 0 Å². The fraction of sp³-hybridized carbons (Fsp3) is 0.385. The number of carbonyl (C=O) groups is 2. The minimum atomic E-state index is -0.811. The molecule has 186 valence electrons. The van der Waals surface area contributed by atoms with E-state index in [-0.39, 0.29) is 21.9 Å². The number of carbonyl (C=O) groups excluding carboxylic acids is 2. The van der Waals surface area contributed by atoms with Gasteiger partial charge in [0.1, 0.15) is 17.3 Å². The van der Waals surface area contributed by atoms with Gasteiger partial charge in [0.15, 0.2) is 0 Å². The lowest BCUT2D eigenvalue weighted by Gasteiger charge is -2.29. The summed E-state index contributed by atoms with van der Waals surface area (Å²) < 4.78 is 10.9. The largest absolute Gasteiger partial charge is 0.507 e. The third-order valence-corrected chi connectivity index (χ3v) is 6.47. The Morgan fingerprint density at radius 2 is 1.83 bits per heavy atom. The summed E-state index contributed by atoms with van der Waals surface area (Å²) in [7, 11) is 0. The van der Waals surface area contributed by atoms with Crippen LogP contribution in [0.4, 0.5) is 0 Å². The maximum absolute atomic E-state index is 13.2. The van der Waals surface area contributed by atoms with Crippen molar-refractivity contribution in [1.82, 2.24) is 9.80 Å². The molecule has 0 unspecified atom stereocenters. The van der Waals surface area contributed by atoms with Crippen molar-refractivity contribution in [3.63, 3.8) is 0 Å². The Hall–Kier alpha value is -3.07. The molecule has 9 heteroatoms. The Bertz CT molecular complexity index is 1110. The fourth-order valence-electron chi connectivity index (χ4n) is 4.50. The molecular weight excluding hydrogens is 472 g/mol. The van der Waals surface area contributed by atoms with E-state index in [1.54, 1.807) is 24.3 Å². The van der Waals surface area contributed by atoms with E-state index in [9.17, 15) is 19.8 Å². The second-order valence-electron chi connectivity index (χ2n) is 8.46. The number of benzene rings is 2. The number of hydrogen-bond acceptors (Lipinski definition) is 7. The molecule has 0 bridgehead atoms. The van der Waals surface area contributed by atoms with E-state index in [4.69, 9.17) is 21.1 Å². The van der Waals surface area contributed by atoms with Crippen LogP contribution in [0.15, 0.2) is 48.0 Å². The summed E-state index contributed by atoms with van der Waals surface area (Å²) in [4.78, 5) is 30.0. The molecular formula is C26H29ClN2O6. The van der Waals surface area contributed by atoms with E-state index in [0.717, 1.165) is 19.6 Å². The first-order chi connectivity index (χ1) is 16.9. The number of ketones is 1. The third kappa shape index (κ3) is 5.45. The van der Waals surface area contributed by atoms with Crippen molar-refractivity contribution in [2.45, 2.75) is 19.4 Å². The molecule has 4 rings (SSSR count). The van der Waals surface area contributed by atoms with Gasteiger partial charge in [-0.25, -0.2) is 0 Å². The van der Waals surface area contributed by atoms with Crippen molar-refractivity contribution in [3.05, 3.63) is 64.2 Å². The van der Waals surface area contributed by atoms with Crippen LogP contribution in [0.25, 0.3) is 5.76 Å². The number of aromatic hydroxyl groups is 1.